The molecule has 0 spiro atoms. The van der Waals surface area contributed by atoms with Crippen molar-refractivity contribution in [3.05, 3.63) is 212 Å². The van der Waals surface area contributed by atoms with Crippen LogP contribution in [0.5, 0.6) is 0 Å². The lowest BCUT2D eigenvalue weighted by Gasteiger charge is -2.26. The van der Waals surface area contributed by atoms with Gasteiger partial charge in [0, 0.05) is 39.1 Å². The van der Waals surface area contributed by atoms with Crippen LogP contribution in [-0.4, -0.2) is 9.55 Å². The summed E-state index contributed by atoms with van der Waals surface area (Å²) in [6.45, 7) is 0. The van der Waals surface area contributed by atoms with E-state index in [4.69, 9.17) is 9.40 Å². The molecule has 0 aliphatic carbocycles. The van der Waals surface area contributed by atoms with Gasteiger partial charge in [-0.1, -0.05) is 115 Å². The molecule has 0 unspecified atom stereocenters. The van der Waals surface area contributed by atoms with E-state index in [0.29, 0.717) is 5.89 Å². The van der Waals surface area contributed by atoms with Gasteiger partial charge in [-0.05, 0) is 130 Å². The molecule has 2 aromatic heterocycles. The number of para-hydroxylation sites is 3. The molecule has 57 heavy (non-hydrogen) atoms. The lowest BCUT2D eigenvalue weighted by molar-refractivity contribution is 0.620. The minimum absolute atomic E-state index is 0.610. The smallest absolute Gasteiger partial charge is 0.227 e. The maximum atomic E-state index is 6.15. The first-order valence-electron chi connectivity index (χ1n) is 19.3. The van der Waals surface area contributed by atoms with Crippen molar-refractivity contribution in [3.8, 4) is 39.4 Å². The molecular formula is C53H35N3O. The Hall–Kier alpha value is -7.69. The van der Waals surface area contributed by atoms with Crippen molar-refractivity contribution in [2.45, 2.75) is 0 Å². The van der Waals surface area contributed by atoms with E-state index in [1.54, 1.807) is 0 Å². The van der Waals surface area contributed by atoms with Crippen molar-refractivity contribution in [2.24, 2.45) is 0 Å². The molecule has 0 atom stereocenters. The first-order valence-corrected chi connectivity index (χ1v) is 19.3. The highest BCUT2D eigenvalue weighted by Crippen LogP contribution is 2.42. The zero-order valence-corrected chi connectivity index (χ0v) is 31.0. The molecule has 2 heterocycles. The molecule has 0 saturated carbocycles. The van der Waals surface area contributed by atoms with E-state index in [0.717, 1.165) is 50.5 Å². The van der Waals surface area contributed by atoms with Crippen LogP contribution in [0.25, 0.3) is 83.1 Å². The summed E-state index contributed by atoms with van der Waals surface area (Å²) in [7, 11) is 0. The summed E-state index contributed by atoms with van der Waals surface area (Å²) < 4.78 is 8.53. The summed E-state index contributed by atoms with van der Waals surface area (Å²) in [5.41, 5.74) is 14.0. The monoisotopic (exact) mass is 729 g/mol. The van der Waals surface area contributed by atoms with Gasteiger partial charge in [-0.2, -0.15) is 0 Å². The van der Waals surface area contributed by atoms with Gasteiger partial charge < -0.3 is 13.9 Å². The van der Waals surface area contributed by atoms with Crippen LogP contribution in [0.15, 0.2) is 217 Å². The van der Waals surface area contributed by atoms with Gasteiger partial charge in [-0.3, -0.25) is 0 Å². The van der Waals surface area contributed by atoms with E-state index in [-0.39, 0.29) is 0 Å². The number of oxazole rings is 1. The number of fused-ring (bicyclic) bond motifs is 5. The summed E-state index contributed by atoms with van der Waals surface area (Å²) in [4.78, 5) is 7.11. The fraction of sp³-hybridized carbons (Fsp3) is 0. The van der Waals surface area contributed by atoms with E-state index < -0.39 is 0 Å². The van der Waals surface area contributed by atoms with Crippen molar-refractivity contribution in [3.63, 3.8) is 0 Å². The van der Waals surface area contributed by atoms with Gasteiger partial charge >= 0.3 is 0 Å². The van der Waals surface area contributed by atoms with Gasteiger partial charge in [-0.25, -0.2) is 4.98 Å². The molecule has 0 bridgehead atoms. The molecule has 11 rings (SSSR count). The second kappa shape index (κ2) is 13.6. The number of aromatic nitrogens is 2. The Morgan fingerprint density at radius 1 is 0.386 bits per heavy atom. The molecule has 0 amide bonds. The molecule has 268 valence electrons. The second-order valence-corrected chi connectivity index (χ2v) is 14.5. The molecule has 0 radical (unpaired) electrons. The second-order valence-electron chi connectivity index (χ2n) is 14.5. The normalized spacial score (nSPS) is 11.5. The van der Waals surface area contributed by atoms with Crippen molar-refractivity contribution >= 4 is 60.7 Å². The average Bonchev–Trinajstić information content (AvgIpc) is 3.86. The lowest BCUT2D eigenvalue weighted by atomic mass is 9.99. The fourth-order valence-corrected chi connectivity index (χ4v) is 8.20. The Labute approximate surface area is 330 Å². The number of hydrogen-bond donors (Lipinski definition) is 0. The van der Waals surface area contributed by atoms with E-state index in [9.17, 15) is 0 Å². The fourth-order valence-electron chi connectivity index (χ4n) is 8.20. The van der Waals surface area contributed by atoms with Crippen LogP contribution in [0.3, 0.4) is 0 Å². The Balaban J connectivity index is 1.06. The summed E-state index contributed by atoms with van der Waals surface area (Å²) in [6, 6.07) is 75.4. The molecule has 0 saturated heterocycles. The highest BCUT2D eigenvalue weighted by atomic mass is 16.3. The molecule has 9 aromatic carbocycles. The Kier molecular flexibility index (Phi) is 7.78. The van der Waals surface area contributed by atoms with Crippen LogP contribution in [0, 0.1) is 0 Å². The highest BCUT2D eigenvalue weighted by Gasteiger charge is 2.19. The zero-order chi connectivity index (χ0) is 37.7. The van der Waals surface area contributed by atoms with Gasteiger partial charge in [0.15, 0.2) is 5.58 Å². The van der Waals surface area contributed by atoms with Gasteiger partial charge in [0.2, 0.25) is 5.89 Å². The largest absolute Gasteiger partial charge is 0.436 e. The number of rotatable bonds is 7. The third-order valence-electron chi connectivity index (χ3n) is 11.0. The zero-order valence-electron chi connectivity index (χ0n) is 31.0. The maximum Gasteiger partial charge on any atom is 0.227 e. The summed E-state index contributed by atoms with van der Waals surface area (Å²) in [5, 5.41) is 4.86. The Morgan fingerprint density at radius 2 is 0.947 bits per heavy atom. The first-order chi connectivity index (χ1) is 28.2. The number of nitrogens with zero attached hydrogens (tertiary/aromatic N) is 3. The van der Waals surface area contributed by atoms with Crippen LogP contribution in [-0.2, 0) is 0 Å². The first kappa shape index (κ1) is 32.7. The van der Waals surface area contributed by atoms with Crippen molar-refractivity contribution in [1.82, 2.24) is 9.55 Å². The minimum Gasteiger partial charge on any atom is -0.436 e. The third-order valence-corrected chi connectivity index (χ3v) is 11.0. The maximum absolute atomic E-state index is 6.15. The number of hydrogen-bond acceptors (Lipinski definition) is 3. The SMILES string of the molecule is c1ccc(-c2cccc(-c3ccc(N(c4ccc(-c5nc6ccccc6o5)cc4)c4ccc5c(c4)c4cc6ccccc6cc4n5-c4ccccc4)cc3)c2)cc1. The van der Waals surface area contributed by atoms with Gasteiger partial charge in [0.1, 0.15) is 5.52 Å². The average molecular weight is 730 g/mol. The molecular weight excluding hydrogens is 695 g/mol. The molecule has 0 aliphatic rings. The predicted octanol–water partition coefficient (Wildman–Crippen LogP) is 14.5. The summed E-state index contributed by atoms with van der Waals surface area (Å²) in [5.74, 6) is 0.610. The minimum atomic E-state index is 0.610. The third kappa shape index (κ3) is 5.83. The summed E-state index contributed by atoms with van der Waals surface area (Å²) >= 11 is 0. The highest BCUT2D eigenvalue weighted by molar-refractivity contribution is 6.14. The van der Waals surface area contributed by atoms with Crippen molar-refractivity contribution in [2.75, 3.05) is 4.90 Å². The molecule has 4 nitrogen and oxygen atoms in total. The predicted molar refractivity (Wildman–Crippen MR) is 237 cm³/mol. The van der Waals surface area contributed by atoms with Crippen LogP contribution in [0.1, 0.15) is 0 Å². The van der Waals surface area contributed by atoms with Crippen LogP contribution in [0.4, 0.5) is 17.1 Å². The molecule has 4 heteroatoms. The quantitative estimate of drug-likeness (QED) is 0.164. The summed E-state index contributed by atoms with van der Waals surface area (Å²) in [6.07, 6.45) is 0. The van der Waals surface area contributed by atoms with Crippen LogP contribution < -0.4 is 4.90 Å². The topological polar surface area (TPSA) is 34.2 Å². The Bertz CT molecular complexity index is 3180. The van der Waals surface area contributed by atoms with Crippen molar-refractivity contribution in [1.29, 1.82) is 0 Å². The van der Waals surface area contributed by atoms with Crippen molar-refractivity contribution < 1.29 is 4.42 Å². The van der Waals surface area contributed by atoms with Crippen LogP contribution >= 0.6 is 0 Å². The van der Waals surface area contributed by atoms with E-state index >= 15 is 0 Å². The van der Waals surface area contributed by atoms with E-state index in [2.05, 4.69) is 198 Å². The molecule has 11 aromatic rings. The number of anilines is 3. The van der Waals surface area contributed by atoms with Gasteiger partial charge in [-0.15, -0.1) is 0 Å². The van der Waals surface area contributed by atoms with Gasteiger partial charge in [0.05, 0.1) is 11.0 Å². The molecule has 0 fully saturated rings. The van der Waals surface area contributed by atoms with E-state index in [1.807, 2.05) is 24.3 Å². The Morgan fingerprint density at radius 3 is 1.67 bits per heavy atom. The van der Waals surface area contributed by atoms with Crippen LogP contribution in [0.2, 0.25) is 0 Å². The van der Waals surface area contributed by atoms with E-state index in [1.165, 1.54) is 43.8 Å². The standard InChI is InChI=1S/C53H35N3O/c1-3-12-36(13-4-1)39-16-11-17-40(32-39)37-22-26-44(27-23-37)55(45-28-24-38(25-29-45)53-54-49-20-9-10-21-52(49)57-53)46-30-31-50-48(35-46)47-33-41-14-7-8-15-42(41)34-51(47)56(50)43-18-5-2-6-19-43/h1-35H. The molecule has 0 aliphatic heterocycles. The number of benzene rings is 9. The lowest BCUT2D eigenvalue weighted by Crippen LogP contribution is -2.10. The van der Waals surface area contributed by atoms with Gasteiger partial charge in [0.25, 0.3) is 0 Å². The molecule has 0 N–H and O–H groups in total.